The number of hydrogen-bond donors (Lipinski definition) is 0. The summed E-state index contributed by atoms with van der Waals surface area (Å²) in [5, 5.41) is 0. The third-order valence-electron chi connectivity index (χ3n) is 5.72. The lowest BCUT2D eigenvalue weighted by Gasteiger charge is -2.44. The van der Waals surface area contributed by atoms with Gasteiger partial charge in [-0.3, -0.25) is 19.3 Å². The topological polar surface area (TPSA) is 127 Å². The van der Waals surface area contributed by atoms with Crippen LogP contribution >= 0.6 is 0 Å². The maximum Gasteiger partial charge on any atom is 0.412 e. The Morgan fingerprint density at radius 2 is 1.40 bits per heavy atom. The van der Waals surface area contributed by atoms with Gasteiger partial charge in [0.05, 0.1) is 24.9 Å². The molecule has 200 valence electrons. The molecule has 11 heteroatoms. The number of ether oxygens (including phenoxy) is 6. The Morgan fingerprint density at radius 3 is 1.91 bits per heavy atom. The summed E-state index contributed by atoms with van der Waals surface area (Å²) in [6.07, 6.45) is -4.06. The highest BCUT2D eigenvalue weighted by Crippen LogP contribution is 2.35. The average Bonchev–Trinajstić information content (AvgIpc) is 2.97. The largest absolute Gasteiger partial charge is 0.456 e. The molecule has 6 atom stereocenters. The molecule has 35 heavy (non-hydrogen) atoms. The van der Waals surface area contributed by atoms with E-state index in [2.05, 4.69) is 0 Å². The standard InChI is InChI=1S/C24H39NO10/c1-13-19(32-14(2)26)21(34-16(4)28)20(33-15(3)27)18(31-13)11-10-17-12-30-24(8,9)25(17)22(29)35-23(5,6)7/h13,17-21H,10-12H2,1-9H3/t13-,17+,18-,19+,20+,21+/m0/s1. The molecular formula is C24H39NO10. The average molecular weight is 502 g/mol. The maximum absolute atomic E-state index is 12.9. The first-order chi connectivity index (χ1) is 16.0. The summed E-state index contributed by atoms with van der Waals surface area (Å²) in [5.41, 5.74) is -1.55. The van der Waals surface area contributed by atoms with Crippen LogP contribution in [0.15, 0.2) is 0 Å². The number of esters is 3. The van der Waals surface area contributed by atoms with E-state index in [-0.39, 0.29) is 12.6 Å². The van der Waals surface area contributed by atoms with Gasteiger partial charge in [0.1, 0.15) is 11.3 Å². The molecule has 2 saturated heterocycles. The molecule has 0 aromatic rings. The van der Waals surface area contributed by atoms with Crippen LogP contribution in [0.4, 0.5) is 4.79 Å². The van der Waals surface area contributed by atoms with Gasteiger partial charge in [-0.25, -0.2) is 4.79 Å². The third-order valence-corrected chi connectivity index (χ3v) is 5.72. The molecular weight excluding hydrogens is 462 g/mol. The van der Waals surface area contributed by atoms with Gasteiger partial charge in [-0.2, -0.15) is 0 Å². The van der Waals surface area contributed by atoms with Crippen LogP contribution in [0, 0.1) is 0 Å². The van der Waals surface area contributed by atoms with Crippen LogP contribution in [0.3, 0.4) is 0 Å². The van der Waals surface area contributed by atoms with Crippen molar-refractivity contribution in [3.05, 3.63) is 0 Å². The summed E-state index contributed by atoms with van der Waals surface area (Å²) in [6, 6.07) is -0.324. The fraction of sp³-hybridized carbons (Fsp3) is 0.833. The molecule has 2 aliphatic heterocycles. The van der Waals surface area contributed by atoms with Gasteiger partial charge in [0.25, 0.3) is 0 Å². The summed E-state index contributed by atoms with van der Waals surface area (Å²) in [4.78, 5) is 49.9. The van der Waals surface area contributed by atoms with E-state index in [1.54, 1.807) is 46.4 Å². The number of rotatable bonds is 6. The summed E-state index contributed by atoms with van der Waals surface area (Å²) in [6.45, 7) is 14.6. The minimum absolute atomic E-state index is 0.288. The second-order valence-corrected chi connectivity index (χ2v) is 10.4. The van der Waals surface area contributed by atoms with Crippen LogP contribution in [0.5, 0.6) is 0 Å². The Labute approximate surface area is 206 Å². The van der Waals surface area contributed by atoms with Crippen molar-refractivity contribution in [2.75, 3.05) is 6.61 Å². The molecule has 0 aromatic heterocycles. The molecule has 0 saturated carbocycles. The Morgan fingerprint density at radius 1 is 0.886 bits per heavy atom. The van der Waals surface area contributed by atoms with Crippen LogP contribution < -0.4 is 0 Å². The minimum Gasteiger partial charge on any atom is -0.456 e. The number of carbonyl (C=O) groups excluding carboxylic acids is 4. The van der Waals surface area contributed by atoms with Crippen LogP contribution in [-0.2, 0) is 42.8 Å². The zero-order valence-corrected chi connectivity index (χ0v) is 22.1. The van der Waals surface area contributed by atoms with Crippen molar-refractivity contribution in [3.63, 3.8) is 0 Å². The number of nitrogens with zero attached hydrogens (tertiary/aromatic N) is 1. The third kappa shape index (κ3) is 7.79. The lowest BCUT2D eigenvalue weighted by molar-refractivity contribution is -0.244. The molecule has 0 radical (unpaired) electrons. The van der Waals surface area contributed by atoms with E-state index in [1.807, 2.05) is 0 Å². The highest BCUT2D eigenvalue weighted by Gasteiger charge is 2.51. The molecule has 1 amide bonds. The zero-order chi connectivity index (χ0) is 26.7. The van der Waals surface area contributed by atoms with E-state index in [0.29, 0.717) is 12.8 Å². The molecule has 0 aliphatic carbocycles. The van der Waals surface area contributed by atoms with Gasteiger partial charge >= 0.3 is 24.0 Å². The van der Waals surface area contributed by atoms with E-state index in [4.69, 9.17) is 28.4 Å². The van der Waals surface area contributed by atoms with E-state index in [9.17, 15) is 19.2 Å². The summed E-state index contributed by atoms with van der Waals surface area (Å²) < 4.78 is 33.9. The second kappa shape index (κ2) is 11.1. The highest BCUT2D eigenvalue weighted by molar-refractivity contribution is 5.70. The first-order valence-electron chi connectivity index (χ1n) is 11.8. The number of carbonyl (C=O) groups is 4. The second-order valence-electron chi connectivity index (χ2n) is 10.4. The summed E-state index contributed by atoms with van der Waals surface area (Å²) in [5.74, 6) is -1.79. The van der Waals surface area contributed by atoms with Crippen molar-refractivity contribution < 1.29 is 47.6 Å². The van der Waals surface area contributed by atoms with E-state index in [1.165, 1.54) is 20.8 Å². The maximum atomic E-state index is 12.9. The molecule has 11 nitrogen and oxygen atoms in total. The van der Waals surface area contributed by atoms with Crippen LogP contribution in [-0.4, -0.2) is 83.4 Å². The molecule has 0 bridgehead atoms. The van der Waals surface area contributed by atoms with E-state index >= 15 is 0 Å². The fourth-order valence-corrected chi connectivity index (χ4v) is 4.48. The SMILES string of the molecule is CC(=O)O[C@@H]1[C@H](OC(C)=O)[C@H](C)O[C@@H](CC[C@@H]2COC(C)(C)N2C(=O)OC(C)(C)C)[C@H]1OC(C)=O. The fourth-order valence-electron chi connectivity index (χ4n) is 4.48. The van der Waals surface area contributed by atoms with Gasteiger partial charge in [-0.15, -0.1) is 0 Å². The van der Waals surface area contributed by atoms with Gasteiger partial charge in [0.15, 0.2) is 18.3 Å². The van der Waals surface area contributed by atoms with Crippen molar-refractivity contribution in [2.45, 2.75) is 123 Å². The first kappa shape index (κ1) is 28.8. The van der Waals surface area contributed by atoms with E-state index in [0.717, 1.165) is 0 Å². The predicted molar refractivity (Wildman–Crippen MR) is 122 cm³/mol. The lowest BCUT2D eigenvalue weighted by Crippen LogP contribution is -2.60. The van der Waals surface area contributed by atoms with Gasteiger partial charge in [0.2, 0.25) is 0 Å². The highest BCUT2D eigenvalue weighted by atomic mass is 16.6. The van der Waals surface area contributed by atoms with Crippen LogP contribution in [0.1, 0.15) is 75.2 Å². The van der Waals surface area contributed by atoms with Crippen molar-refractivity contribution >= 4 is 24.0 Å². The van der Waals surface area contributed by atoms with Gasteiger partial charge in [0, 0.05) is 20.8 Å². The monoisotopic (exact) mass is 501 g/mol. The summed E-state index contributed by atoms with van der Waals surface area (Å²) in [7, 11) is 0. The molecule has 2 aliphatic rings. The van der Waals surface area contributed by atoms with Crippen molar-refractivity contribution in [3.8, 4) is 0 Å². The molecule has 0 aromatic carbocycles. The minimum atomic E-state index is -1.05. The summed E-state index contributed by atoms with van der Waals surface area (Å²) >= 11 is 0. The van der Waals surface area contributed by atoms with Gasteiger partial charge < -0.3 is 28.4 Å². The van der Waals surface area contributed by atoms with Crippen molar-refractivity contribution in [1.29, 1.82) is 0 Å². The molecule has 2 rings (SSSR count). The molecule has 2 fully saturated rings. The molecule has 0 N–H and O–H groups in total. The van der Waals surface area contributed by atoms with Gasteiger partial charge in [-0.1, -0.05) is 0 Å². The smallest absolute Gasteiger partial charge is 0.412 e. The number of hydrogen-bond acceptors (Lipinski definition) is 10. The quantitative estimate of drug-likeness (QED) is 0.396. The molecule has 0 spiro atoms. The Kier molecular flexibility index (Phi) is 9.16. The van der Waals surface area contributed by atoms with Crippen LogP contribution in [0.25, 0.3) is 0 Å². The van der Waals surface area contributed by atoms with Crippen molar-refractivity contribution in [2.24, 2.45) is 0 Å². The van der Waals surface area contributed by atoms with Crippen molar-refractivity contribution in [1.82, 2.24) is 4.90 Å². The van der Waals surface area contributed by atoms with Gasteiger partial charge in [-0.05, 0) is 54.4 Å². The van der Waals surface area contributed by atoms with Crippen LogP contribution in [0.2, 0.25) is 0 Å². The molecule has 2 heterocycles. The molecule has 0 unspecified atom stereocenters. The first-order valence-corrected chi connectivity index (χ1v) is 11.8. The normalized spacial score (nSPS) is 30.4. The Hall–Kier alpha value is -2.40. The van der Waals surface area contributed by atoms with E-state index < -0.39 is 65.8 Å². The number of amides is 1. The lowest BCUT2D eigenvalue weighted by atomic mass is 9.91. The Bertz CT molecular complexity index is 805. The predicted octanol–water partition coefficient (Wildman–Crippen LogP) is 2.72. The Balaban J connectivity index is 2.25. The zero-order valence-electron chi connectivity index (χ0n) is 22.1.